The van der Waals surface area contributed by atoms with Crippen molar-refractivity contribution in [3.63, 3.8) is 0 Å². The SMILES string of the molecule is CCCCCCCCC=CCCCC(Cc1ccccc1C1NC(=O)N=C(C)C1C(=O)OCC)OCC. The molecule has 6 heteroatoms. The van der Waals surface area contributed by atoms with E-state index < -0.39 is 18.0 Å². The molecule has 0 radical (unpaired) electrons. The first kappa shape index (κ1) is 30.8. The molecule has 0 bridgehead atoms. The van der Waals surface area contributed by atoms with Crippen molar-refractivity contribution in [2.45, 2.75) is 110 Å². The smallest absolute Gasteiger partial charge is 0.341 e. The number of rotatable bonds is 18. The minimum atomic E-state index is -0.638. The Hall–Kier alpha value is -2.47. The van der Waals surface area contributed by atoms with Gasteiger partial charge in [0.05, 0.1) is 18.8 Å². The summed E-state index contributed by atoms with van der Waals surface area (Å²) in [6.45, 7) is 8.72. The molecule has 0 fully saturated rings. The first-order chi connectivity index (χ1) is 18.0. The molecule has 0 saturated heterocycles. The number of carbonyl (C=O) groups is 2. The summed E-state index contributed by atoms with van der Waals surface area (Å²) in [6.07, 6.45) is 17.7. The second-order valence-electron chi connectivity index (χ2n) is 9.85. The van der Waals surface area contributed by atoms with Gasteiger partial charge in [-0.2, -0.15) is 0 Å². The zero-order valence-corrected chi connectivity index (χ0v) is 23.5. The van der Waals surface area contributed by atoms with Gasteiger partial charge in [-0.25, -0.2) is 9.79 Å². The Morgan fingerprint density at radius 1 is 1.00 bits per heavy atom. The van der Waals surface area contributed by atoms with E-state index in [0.717, 1.165) is 36.8 Å². The standard InChI is InChI=1S/C31H48N2O4/c1-5-8-9-10-11-12-13-14-15-16-17-21-26(36-6-2)23-25-20-18-19-22-27(25)29-28(30(34)37-7-3)24(4)32-31(35)33-29/h14-15,18-20,22,26,28-29H,5-13,16-17,21,23H2,1-4H3,(H,33,35). The lowest BCUT2D eigenvalue weighted by atomic mass is 9.84. The molecule has 3 atom stereocenters. The monoisotopic (exact) mass is 512 g/mol. The van der Waals surface area contributed by atoms with Gasteiger partial charge in [0.15, 0.2) is 0 Å². The number of carbonyl (C=O) groups excluding carboxylic acids is 2. The molecule has 1 aliphatic heterocycles. The van der Waals surface area contributed by atoms with E-state index in [-0.39, 0.29) is 18.7 Å². The fourth-order valence-corrected chi connectivity index (χ4v) is 5.01. The van der Waals surface area contributed by atoms with E-state index in [2.05, 4.69) is 35.5 Å². The third kappa shape index (κ3) is 10.8. The fourth-order valence-electron chi connectivity index (χ4n) is 5.01. The third-order valence-corrected chi connectivity index (χ3v) is 6.91. The molecule has 6 nitrogen and oxygen atoms in total. The van der Waals surface area contributed by atoms with E-state index >= 15 is 0 Å². The van der Waals surface area contributed by atoms with Gasteiger partial charge in [0.1, 0.15) is 5.92 Å². The van der Waals surface area contributed by atoms with Gasteiger partial charge in [-0.3, -0.25) is 4.79 Å². The van der Waals surface area contributed by atoms with Crippen molar-refractivity contribution in [1.29, 1.82) is 0 Å². The van der Waals surface area contributed by atoms with Crippen molar-refractivity contribution in [2.75, 3.05) is 13.2 Å². The summed E-state index contributed by atoms with van der Waals surface area (Å²) in [7, 11) is 0. The number of allylic oxidation sites excluding steroid dienone is 2. The zero-order valence-electron chi connectivity index (χ0n) is 23.5. The van der Waals surface area contributed by atoms with Crippen LogP contribution in [0.5, 0.6) is 0 Å². The Labute approximate surface area is 224 Å². The number of benzene rings is 1. The molecule has 0 saturated carbocycles. The molecule has 1 heterocycles. The number of urea groups is 1. The maximum Gasteiger partial charge on any atom is 0.341 e. The van der Waals surface area contributed by atoms with E-state index in [1.54, 1.807) is 13.8 Å². The number of nitrogens with one attached hydrogen (secondary N) is 1. The predicted octanol–water partition coefficient (Wildman–Crippen LogP) is 7.52. The summed E-state index contributed by atoms with van der Waals surface area (Å²) in [5.74, 6) is -1.00. The highest BCUT2D eigenvalue weighted by Gasteiger charge is 2.38. The first-order valence-corrected chi connectivity index (χ1v) is 14.4. The van der Waals surface area contributed by atoms with Crippen LogP contribution in [-0.4, -0.2) is 37.0 Å². The van der Waals surface area contributed by atoms with E-state index in [1.807, 2.05) is 25.1 Å². The minimum Gasteiger partial charge on any atom is -0.465 e. The summed E-state index contributed by atoms with van der Waals surface area (Å²) in [4.78, 5) is 29.0. The molecule has 1 aromatic rings. The van der Waals surface area contributed by atoms with Crippen LogP contribution in [0.15, 0.2) is 41.4 Å². The second kappa shape index (κ2) is 17.9. The van der Waals surface area contributed by atoms with Crippen LogP contribution in [0.2, 0.25) is 0 Å². The highest BCUT2D eigenvalue weighted by atomic mass is 16.5. The van der Waals surface area contributed by atoms with Gasteiger partial charge < -0.3 is 14.8 Å². The highest BCUT2D eigenvalue weighted by molar-refractivity contribution is 6.08. The van der Waals surface area contributed by atoms with Crippen LogP contribution in [0, 0.1) is 5.92 Å². The fraction of sp³-hybridized carbons (Fsp3) is 0.645. The van der Waals surface area contributed by atoms with Crippen molar-refractivity contribution in [3.05, 3.63) is 47.5 Å². The molecule has 206 valence electrons. The van der Waals surface area contributed by atoms with Crippen molar-refractivity contribution >= 4 is 17.7 Å². The first-order valence-electron chi connectivity index (χ1n) is 14.4. The molecule has 2 amide bonds. The molecule has 37 heavy (non-hydrogen) atoms. The van der Waals surface area contributed by atoms with E-state index in [9.17, 15) is 9.59 Å². The molecule has 1 aliphatic rings. The largest absolute Gasteiger partial charge is 0.465 e. The highest BCUT2D eigenvalue weighted by Crippen LogP contribution is 2.31. The van der Waals surface area contributed by atoms with Gasteiger partial charge in [-0.05, 0) is 70.4 Å². The van der Waals surface area contributed by atoms with E-state index in [0.29, 0.717) is 12.3 Å². The van der Waals surface area contributed by atoms with Crippen molar-refractivity contribution in [2.24, 2.45) is 10.9 Å². The Morgan fingerprint density at radius 2 is 1.70 bits per heavy atom. The number of aliphatic imine (C=N–C) groups is 1. The number of esters is 1. The predicted molar refractivity (Wildman–Crippen MR) is 151 cm³/mol. The lowest BCUT2D eigenvalue weighted by molar-refractivity contribution is -0.146. The number of ether oxygens (including phenoxy) is 2. The molecule has 0 aliphatic carbocycles. The van der Waals surface area contributed by atoms with Gasteiger partial charge in [0.25, 0.3) is 0 Å². The molecule has 2 rings (SSSR count). The molecule has 1 N–H and O–H groups in total. The normalized spacial score (nSPS) is 18.5. The van der Waals surface area contributed by atoms with Gasteiger partial charge in [-0.1, -0.05) is 75.4 Å². The summed E-state index contributed by atoms with van der Waals surface area (Å²) >= 11 is 0. The van der Waals surface area contributed by atoms with Gasteiger partial charge in [0.2, 0.25) is 0 Å². The van der Waals surface area contributed by atoms with Crippen LogP contribution >= 0.6 is 0 Å². The molecule has 1 aromatic carbocycles. The Bertz CT molecular complexity index is 880. The second-order valence-corrected chi connectivity index (χ2v) is 9.85. The van der Waals surface area contributed by atoms with Crippen LogP contribution in [0.4, 0.5) is 4.79 Å². The molecule has 3 unspecified atom stereocenters. The number of hydrogen-bond acceptors (Lipinski definition) is 4. The molecule has 0 aromatic heterocycles. The van der Waals surface area contributed by atoms with Crippen molar-refractivity contribution in [3.8, 4) is 0 Å². The summed E-state index contributed by atoms with van der Waals surface area (Å²) in [5.41, 5.74) is 2.48. The maximum absolute atomic E-state index is 12.8. The summed E-state index contributed by atoms with van der Waals surface area (Å²) < 4.78 is 11.4. The molecule has 0 spiro atoms. The average Bonchev–Trinajstić information content (AvgIpc) is 2.87. The van der Waals surface area contributed by atoms with E-state index in [1.165, 1.54) is 44.9 Å². The van der Waals surface area contributed by atoms with E-state index in [4.69, 9.17) is 9.47 Å². The third-order valence-electron chi connectivity index (χ3n) is 6.91. The van der Waals surface area contributed by atoms with Gasteiger partial charge >= 0.3 is 12.0 Å². The van der Waals surface area contributed by atoms with Crippen LogP contribution in [0.25, 0.3) is 0 Å². The van der Waals surface area contributed by atoms with Crippen LogP contribution in [0.3, 0.4) is 0 Å². The minimum absolute atomic E-state index is 0.0771. The summed E-state index contributed by atoms with van der Waals surface area (Å²) in [6, 6.07) is 7.06. The summed E-state index contributed by atoms with van der Waals surface area (Å²) in [5, 5.41) is 2.91. The lowest BCUT2D eigenvalue weighted by Crippen LogP contribution is -2.44. The van der Waals surface area contributed by atoms with Crippen molar-refractivity contribution in [1.82, 2.24) is 5.32 Å². The van der Waals surface area contributed by atoms with Crippen LogP contribution in [-0.2, 0) is 20.7 Å². The van der Waals surface area contributed by atoms with Crippen molar-refractivity contribution < 1.29 is 19.1 Å². The van der Waals surface area contributed by atoms with Crippen LogP contribution in [0.1, 0.15) is 109 Å². The lowest BCUT2D eigenvalue weighted by Gasteiger charge is -2.31. The van der Waals surface area contributed by atoms with Gasteiger partial charge in [-0.15, -0.1) is 0 Å². The number of amides is 2. The number of hydrogen-bond donors (Lipinski definition) is 1. The quantitative estimate of drug-likeness (QED) is 0.125. The average molecular weight is 513 g/mol. The number of unbranched alkanes of at least 4 members (excludes halogenated alkanes) is 7. The Kier molecular flexibility index (Phi) is 14.9. The van der Waals surface area contributed by atoms with Crippen LogP contribution < -0.4 is 5.32 Å². The molecular weight excluding hydrogens is 464 g/mol. The Morgan fingerprint density at radius 3 is 2.43 bits per heavy atom. The number of nitrogens with zero attached hydrogens (tertiary/aromatic N) is 1. The topological polar surface area (TPSA) is 77.0 Å². The molecular formula is C31H48N2O4. The zero-order chi connectivity index (χ0) is 26.9. The maximum atomic E-state index is 12.8. The van der Waals surface area contributed by atoms with Gasteiger partial charge in [0, 0.05) is 12.3 Å². The Balaban J connectivity index is 1.97.